The van der Waals surface area contributed by atoms with Crippen LogP contribution in [0.3, 0.4) is 0 Å². The Morgan fingerprint density at radius 2 is 2.17 bits per heavy atom. The summed E-state index contributed by atoms with van der Waals surface area (Å²) in [5.41, 5.74) is 3.92. The molecule has 0 spiro atoms. The van der Waals surface area contributed by atoms with Crippen LogP contribution >= 0.6 is 11.8 Å². The number of aryl methyl sites for hydroxylation is 1. The molecule has 1 unspecified atom stereocenters. The first-order valence-electron chi connectivity index (χ1n) is 10.0. The van der Waals surface area contributed by atoms with Crippen molar-refractivity contribution in [1.82, 2.24) is 24.9 Å². The summed E-state index contributed by atoms with van der Waals surface area (Å²) in [5.74, 6) is 0.0206. The normalized spacial score (nSPS) is 21.7. The van der Waals surface area contributed by atoms with Crippen molar-refractivity contribution in [3.05, 3.63) is 35.9 Å². The zero-order valence-electron chi connectivity index (χ0n) is 16.9. The highest BCUT2D eigenvalue weighted by Crippen LogP contribution is 2.51. The van der Waals surface area contributed by atoms with Crippen LogP contribution in [0.5, 0.6) is 5.75 Å². The van der Waals surface area contributed by atoms with E-state index < -0.39 is 10.7 Å². The van der Waals surface area contributed by atoms with E-state index in [0.717, 1.165) is 47.8 Å². The quantitative estimate of drug-likeness (QED) is 0.658. The van der Waals surface area contributed by atoms with Gasteiger partial charge in [0.25, 0.3) is 0 Å². The van der Waals surface area contributed by atoms with Crippen molar-refractivity contribution in [2.24, 2.45) is 5.92 Å². The van der Waals surface area contributed by atoms with Crippen molar-refractivity contribution in [2.45, 2.75) is 35.8 Å². The molecule has 0 saturated carbocycles. The minimum absolute atomic E-state index is 0.127. The molecule has 2 aliphatic rings. The molecule has 9 heteroatoms. The van der Waals surface area contributed by atoms with Crippen LogP contribution in [0.1, 0.15) is 24.2 Å². The zero-order chi connectivity index (χ0) is 20.9. The summed E-state index contributed by atoms with van der Waals surface area (Å²) in [5, 5.41) is 18.1. The molecule has 0 amide bonds. The molecule has 1 saturated heterocycles. The number of piperidine rings is 1. The molecule has 0 radical (unpaired) electrons. The third kappa shape index (κ3) is 3.04. The number of pyridine rings is 1. The SMILES string of the molecule is COc1cc(-c2cnc3c(c2)SC(C(=O)O)(C2CCNCC2)C3)nn2cc(C)nc12. The maximum Gasteiger partial charge on any atom is 0.320 e. The van der Waals surface area contributed by atoms with Gasteiger partial charge < -0.3 is 15.2 Å². The summed E-state index contributed by atoms with van der Waals surface area (Å²) in [7, 11) is 1.61. The number of hydrogen-bond donors (Lipinski definition) is 2. The number of aromatic nitrogens is 4. The molecule has 3 aromatic rings. The monoisotopic (exact) mass is 425 g/mol. The van der Waals surface area contributed by atoms with Crippen molar-refractivity contribution in [2.75, 3.05) is 20.2 Å². The summed E-state index contributed by atoms with van der Waals surface area (Å²) >= 11 is 1.46. The number of thioether (sulfide) groups is 1. The average Bonchev–Trinajstić information content (AvgIpc) is 3.33. The molecule has 8 nitrogen and oxygen atoms in total. The highest BCUT2D eigenvalue weighted by Gasteiger charge is 2.51. The predicted molar refractivity (Wildman–Crippen MR) is 113 cm³/mol. The zero-order valence-corrected chi connectivity index (χ0v) is 17.7. The Hall–Kier alpha value is -2.65. The third-order valence-electron chi connectivity index (χ3n) is 6.04. The van der Waals surface area contributed by atoms with Crippen LogP contribution in [0.2, 0.25) is 0 Å². The standard InChI is InChI=1S/C21H23N5O3S/c1-12-11-26-19(24-12)17(29-2)8-15(25-26)13-7-18-16(23-10-13)9-21(30-18,20(27)28)14-3-5-22-6-4-14/h7-8,10-11,14,22H,3-6,9H2,1-2H3,(H,27,28). The molecule has 2 N–H and O–H groups in total. The number of nitrogens with one attached hydrogen (secondary N) is 1. The Morgan fingerprint density at radius 3 is 2.90 bits per heavy atom. The number of imidazole rings is 1. The second kappa shape index (κ2) is 7.24. The molecule has 1 atom stereocenters. The van der Waals surface area contributed by atoms with Crippen molar-refractivity contribution >= 4 is 23.4 Å². The van der Waals surface area contributed by atoms with Gasteiger partial charge >= 0.3 is 5.97 Å². The number of carboxylic acid groups (broad SMARTS) is 1. The van der Waals surface area contributed by atoms with Crippen molar-refractivity contribution in [3.63, 3.8) is 0 Å². The van der Waals surface area contributed by atoms with E-state index in [0.29, 0.717) is 23.5 Å². The molecule has 5 rings (SSSR count). The van der Waals surface area contributed by atoms with Gasteiger partial charge in [-0.2, -0.15) is 5.10 Å². The fourth-order valence-corrected chi connectivity index (χ4v) is 6.00. The van der Waals surface area contributed by atoms with E-state index in [2.05, 4.69) is 20.4 Å². The third-order valence-corrected chi connectivity index (χ3v) is 7.63. The number of aliphatic carboxylic acids is 1. The fourth-order valence-electron chi connectivity index (χ4n) is 4.48. The Morgan fingerprint density at radius 1 is 1.37 bits per heavy atom. The van der Waals surface area contributed by atoms with E-state index >= 15 is 0 Å². The van der Waals surface area contributed by atoms with Crippen LogP contribution in [-0.2, 0) is 11.2 Å². The lowest BCUT2D eigenvalue weighted by Gasteiger charge is -2.35. The average molecular weight is 426 g/mol. The van der Waals surface area contributed by atoms with Gasteiger partial charge in [-0.3, -0.25) is 9.78 Å². The maximum atomic E-state index is 12.4. The summed E-state index contributed by atoms with van der Waals surface area (Å²) in [6.45, 7) is 3.64. The Balaban J connectivity index is 1.53. The number of rotatable bonds is 4. The van der Waals surface area contributed by atoms with Gasteiger partial charge in [0.15, 0.2) is 11.4 Å². The number of nitrogens with zero attached hydrogens (tertiary/aromatic N) is 4. The van der Waals surface area contributed by atoms with Gasteiger partial charge in [0.2, 0.25) is 0 Å². The fraction of sp³-hybridized carbons (Fsp3) is 0.429. The first kappa shape index (κ1) is 19.3. The van der Waals surface area contributed by atoms with Crippen LogP contribution in [0.25, 0.3) is 16.9 Å². The molecule has 1 fully saturated rings. The molecular weight excluding hydrogens is 402 g/mol. The topological polar surface area (TPSA) is 102 Å². The Bertz CT molecular complexity index is 1140. The van der Waals surface area contributed by atoms with Gasteiger partial charge in [-0.05, 0) is 44.8 Å². The van der Waals surface area contributed by atoms with Crippen molar-refractivity contribution in [3.8, 4) is 17.0 Å². The van der Waals surface area contributed by atoms with Crippen LogP contribution in [-0.4, -0.2) is 55.6 Å². The van der Waals surface area contributed by atoms with Gasteiger partial charge in [-0.25, -0.2) is 9.50 Å². The van der Waals surface area contributed by atoms with E-state index in [1.54, 1.807) is 17.8 Å². The largest absolute Gasteiger partial charge is 0.493 e. The number of methoxy groups -OCH3 is 1. The van der Waals surface area contributed by atoms with Gasteiger partial charge in [0.1, 0.15) is 4.75 Å². The van der Waals surface area contributed by atoms with E-state index in [-0.39, 0.29) is 5.92 Å². The van der Waals surface area contributed by atoms with Crippen LogP contribution in [0, 0.1) is 12.8 Å². The molecule has 5 heterocycles. The molecule has 3 aromatic heterocycles. The van der Waals surface area contributed by atoms with Gasteiger partial charge in [-0.15, -0.1) is 11.8 Å². The smallest absolute Gasteiger partial charge is 0.320 e. The van der Waals surface area contributed by atoms with E-state index in [1.165, 1.54) is 11.8 Å². The van der Waals surface area contributed by atoms with Crippen LogP contribution < -0.4 is 10.1 Å². The van der Waals surface area contributed by atoms with Crippen LogP contribution in [0.15, 0.2) is 29.4 Å². The Kier molecular flexibility index (Phi) is 4.67. The molecular formula is C21H23N5O3S. The first-order chi connectivity index (χ1) is 14.5. The highest BCUT2D eigenvalue weighted by molar-refractivity contribution is 8.01. The highest BCUT2D eigenvalue weighted by atomic mass is 32.2. The Labute approximate surface area is 178 Å². The minimum Gasteiger partial charge on any atom is -0.493 e. The van der Waals surface area contributed by atoms with Gasteiger partial charge in [-0.1, -0.05) is 0 Å². The predicted octanol–water partition coefficient (Wildman–Crippen LogP) is 2.58. The van der Waals surface area contributed by atoms with E-state index in [9.17, 15) is 9.90 Å². The minimum atomic E-state index is -0.841. The van der Waals surface area contributed by atoms with E-state index in [1.807, 2.05) is 25.3 Å². The maximum absolute atomic E-state index is 12.4. The second-order valence-corrected chi connectivity index (χ2v) is 9.29. The molecule has 2 aliphatic heterocycles. The first-order valence-corrected chi connectivity index (χ1v) is 10.9. The number of ether oxygens (including phenoxy) is 1. The summed E-state index contributed by atoms with van der Waals surface area (Å²) in [4.78, 5) is 22.4. The number of fused-ring (bicyclic) bond motifs is 2. The summed E-state index contributed by atoms with van der Waals surface area (Å²) < 4.78 is 6.37. The molecule has 0 aromatic carbocycles. The van der Waals surface area contributed by atoms with E-state index in [4.69, 9.17) is 4.74 Å². The molecule has 156 valence electrons. The van der Waals surface area contributed by atoms with Gasteiger partial charge in [0.05, 0.1) is 30.4 Å². The van der Waals surface area contributed by atoms with Crippen molar-refractivity contribution in [1.29, 1.82) is 0 Å². The molecule has 0 bridgehead atoms. The van der Waals surface area contributed by atoms with Crippen LogP contribution in [0.4, 0.5) is 0 Å². The second-order valence-electron chi connectivity index (χ2n) is 7.91. The lowest BCUT2D eigenvalue weighted by Crippen LogP contribution is -2.47. The molecule has 0 aliphatic carbocycles. The number of carboxylic acids is 1. The number of carbonyl (C=O) groups is 1. The summed E-state index contributed by atoms with van der Waals surface area (Å²) in [6.07, 6.45) is 5.83. The molecule has 30 heavy (non-hydrogen) atoms. The lowest BCUT2D eigenvalue weighted by atomic mass is 9.81. The summed E-state index contributed by atoms with van der Waals surface area (Å²) in [6, 6.07) is 3.86. The number of hydrogen-bond acceptors (Lipinski definition) is 7. The van der Waals surface area contributed by atoms with Gasteiger partial charge in [0, 0.05) is 29.1 Å². The lowest BCUT2D eigenvalue weighted by molar-refractivity contribution is -0.141. The van der Waals surface area contributed by atoms with Crippen molar-refractivity contribution < 1.29 is 14.6 Å².